The zero-order chi connectivity index (χ0) is 13.8. The first-order chi connectivity index (χ1) is 9.08. The number of hydrogen-bond acceptors (Lipinski definition) is 3. The molecule has 106 valence electrons. The summed E-state index contributed by atoms with van der Waals surface area (Å²) in [7, 11) is 3.91. The minimum atomic E-state index is 0.705. The van der Waals surface area contributed by atoms with Gasteiger partial charge in [0.25, 0.3) is 0 Å². The highest BCUT2D eigenvalue weighted by molar-refractivity contribution is 5.47. The van der Waals surface area contributed by atoms with Gasteiger partial charge < -0.3 is 10.5 Å². The third-order valence-corrected chi connectivity index (χ3v) is 4.19. The van der Waals surface area contributed by atoms with Crippen molar-refractivity contribution in [1.82, 2.24) is 4.90 Å². The van der Waals surface area contributed by atoms with Crippen molar-refractivity contribution in [1.29, 1.82) is 0 Å². The van der Waals surface area contributed by atoms with Gasteiger partial charge in [0, 0.05) is 24.3 Å². The number of benzene rings is 1. The Morgan fingerprint density at radius 3 is 2.79 bits per heavy atom. The van der Waals surface area contributed by atoms with Crippen LogP contribution in [0.25, 0.3) is 0 Å². The van der Waals surface area contributed by atoms with Gasteiger partial charge in [0.1, 0.15) is 5.75 Å². The van der Waals surface area contributed by atoms with Crippen LogP contribution in [-0.2, 0) is 6.54 Å². The topological polar surface area (TPSA) is 38.5 Å². The number of methoxy groups -OCH3 is 1. The average molecular weight is 262 g/mol. The molecule has 3 heteroatoms. The second-order valence-electron chi connectivity index (χ2n) is 5.96. The number of nitrogens with two attached hydrogens (primary N) is 1. The fourth-order valence-corrected chi connectivity index (χ4v) is 3.11. The van der Waals surface area contributed by atoms with Gasteiger partial charge >= 0.3 is 0 Å². The molecule has 0 spiro atoms. The van der Waals surface area contributed by atoms with Crippen molar-refractivity contribution in [3.8, 4) is 5.75 Å². The Bertz CT molecular complexity index is 419. The van der Waals surface area contributed by atoms with Gasteiger partial charge in [0.15, 0.2) is 0 Å². The highest BCUT2D eigenvalue weighted by Gasteiger charge is 2.22. The summed E-state index contributed by atoms with van der Waals surface area (Å²) in [5.41, 5.74) is 7.92. The zero-order valence-corrected chi connectivity index (χ0v) is 12.4. The Labute approximate surface area is 116 Å². The average Bonchev–Trinajstić information content (AvgIpc) is 2.38. The lowest BCUT2D eigenvalue weighted by Gasteiger charge is -2.34. The first-order valence-corrected chi connectivity index (χ1v) is 7.22. The summed E-state index contributed by atoms with van der Waals surface area (Å²) in [4.78, 5) is 2.46. The van der Waals surface area contributed by atoms with E-state index in [1.165, 1.54) is 31.2 Å². The predicted octanol–water partition coefficient (Wildman–Crippen LogP) is 3.29. The molecular formula is C16H26N2O. The molecule has 19 heavy (non-hydrogen) atoms. The molecule has 0 amide bonds. The minimum absolute atomic E-state index is 0.705. The van der Waals surface area contributed by atoms with Crippen molar-refractivity contribution >= 4 is 5.69 Å². The summed E-state index contributed by atoms with van der Waals surface area (Å²) in [6, 6.07) is 6.70. The summed E-state index contributed by atoms with van der Waals surface area (Å²) < 4.78 is 5.28. The highest BCUT2D eigenvalue weighted by Crippen LogP contribution is 2.28. The van der Waals surface area contributed by atoms with Gasteiger partial charge in [-0.2, -0.15) is 0 Å². The molecule has 1 saturated carbocycles. The first-order valence-electron chi connectivity index (χ1n) is 7.22. The quantitative estimate of drug-likeness (QED) is 0.846. The lowest BCUT2D eigenvalue weighted by atomic mass is 9.86. The molecule has 0 aliphatic heterocycles. The molecule has 0 aromatic heterocycles. The van der Waals surface area contributed by atoms with Crippen molar-refractivity contribution in [3.05, 3.63) is 23.8 Å². The first kappa shape index (κ1) is 14.2. The molecule has 2 rings (SSSR count). The monoisotopic (exact) mass is 262 g/mol. The number of rotatable bonds is 4. The number of hydrogen-bond donors (Lipinski definition) is 1. The van der Waals surface area contributed by atoms with Gasteiger partial charge in [-0.3, -0.25) is 4.90 Å². The van der Waals surface area contributed by atoms with Crippen LogP contribution in [0.3, 0.4) is 0 Å². The summed E-state index contributed by atoms with van der Waals surface area (Å²) in [5.74, 6) is 1.71. The minimum Gasteiger partial charge on any atom is -0.497 e. The van der Waals surface area contributed by atoms with E-state index in [9.17, 15) is 0 Å². The van der Waals surface area contributed by atoms with E-state index < -0.39 is 0 Å². The van der Waals surface area contributed by atoms with Crippen LogP contribution in [0.2, 0.25) is 0 Å². The Hall–Kier alpha value is -1.22. The van der Waals surface area contributed by atoms with Gasteiger partial charge in [-0.15, -0.1) is 0 Å². The summed E-state index contributed by atoms with van der Waals surface area (Å²) in [6.45, 7) is 3.31. The second kappa shape index (κ2) is 6.29. The van der Waals surface area contributed by atoms with Crippen LogP contribution in [-0.4, -0.2) is 25.1 Å². The van der Waals surface area contributed by atoms with Crippen LogP contribution in [0.15, 0.2) is 18.2 Å². The Balaban J connectivity index is 2.01. The standard InChI is InChI=1S/C16H26N2O/c1-12-5-4-6-15(7-12)18(2)11-13-8-14(17)10-16(9-13)19-3/h8-10,12,15H,4-7,11,17H2,1-3H3. The molecule has 0 bridgehead atoms. The second-order valence-corrected chi connectivity index (χ2v) is 5.96. The maximum Gasteiger partial charge on any atom is 0.121 e. The summed E-state index contributed by atoms with van der Waals surface area (Å²) >= 11 is 0. The Morgan fingerprint density at radius 1 is 1.32 bits per heavy atom. The van der Waals surface area contributed by atoms with Crippen LogP contribution in [0.4, 0.5) is 5.69 Å². The number of ether oxygens (including phenoxy) is 1. The molecule has 0 saturated heterocycles. The normalized spacial score (nSPS) is 23.6. The largest absolute Gasteiger partial charge is 0.497 e. The number of nitrogens with zero attached hydrogens (tertiary/aromatic N) is 1. The molecule has 1 aliphatic rings. The molecule has 2 atom stereocenters. The smallest absolute Gasteiger partial charge is 0.121 e. The highest BCUT2D eigenvalue weighted by atomic mass is 16.5. The molecule has 2 N–H and O–H groups in total. The molecule has 2 unspecified atom stereocenters. The number of nitrogen functional groups attached to an aromatic ring is 1. The third kappa shape index (κ3) is 3.87. The van der Waals surface area contributed by atoms with E-state index in [0.717, 1.165) is 23.9 Å². The predicted molar refractivity (Wildman–Crippen MR) is 80.3 cm³/mol. The summed E-state index contributed by atoms with van der Waals surface area (Å²) in [6.07, 6.45) is 5.38. The van der Waals surface area contributed by atoms with Crippen molar-refractivity contribution in [2.24, 2.45) is 5.92 Å². The van der Waals surface area contributed by atoms with Crippen LogP contribution < -0.4 is 10.5 Å². The van der Waals surface area contributed by atoms with E-state index >= 15 is 0 Å². The van der Waals surface area contributed by atoms with Gasteiger partial charge in [0.05, 0.1) is 7.11 Å². The van der Waals surface area contributed by atoms with E-state index in [2.05, 4.69) is 24.9 Å². The summed E-state index contributed by atoms with van der Waals surface area (Å²) in [5, 5.41) is 0. The SMILES string of the molecule is COc1cc(N)cc(CN(C)C2CCCC(C)C2)c1. The molecule has 1 aromatic rings. The number of anilines is 1. The van der Waals surface area contributed by atoms with Crippen LogP contribution in [0.1, 0.15) is 38.2 Å². The van der Waals surface area contributed by atoms with E-state index in [1.807, 2.05) is 12.1 Å². The van der Waals surface area contributed by atoms with Crippen molar-refractivity contribution in [2.75, 3.05) is 19.9 Å². The Morgan fingerprint density at radius 2 is 2.11 bits per heavy atom. The molecule has 0 heterocycles. The molecular weight excluding hydrogens is 236 g/mol. The van der Waals surface area contributed by atoms with Crippen molar-refractivity contribution in [3.63, 3.8) is 0 Å². The molecule has 1 aliphatic carbocycles. The lowest BCUT2D eigenvalue weighted by Crippen LogP contribution is -2.35. The maximum absolute atomic E-state index is 5.91. The Kier molecular flexibility index (Phi) is 4.70. The zero-order valence-electron chi connectivity index (χ0n) is 12.4. The van der Waals surface area contributed by atoms with Crippen LogP contribution >= 0.6 is 0 Å². The van der Waals surface area contributed by atoms with Gasteiger partial charge in [0.2, 0.25) is 0 Å². The molecule has 1 aromatic carbocycles. The fraction of sp³-hybridized carbons (Fsp3) is 0.625. The van der Waals surface area contributed by atoms with Crippen molar-refractivity contribution in [2.45, 2.75) is 45.2 Å². The van der Waals surface area contributed by atoms with Crippen molar-refractivity contribution < 1.29 is 4.74 Å². The maximum atomic E-state index is 5.91. The molecule has 3 nitrogen and oxygen atoms in total. The van der Waals surface area contributed by atoms with E-state index in [1.54, 1.807) is 7.11 Å². The lowest BCUT2D eigenvalue weighted by molar-refractivity contribution is 0.157. The van der Waals surface area contributed by atoms with Gasteiger partial charge in [-0.1, -0.05) is 19.8 Å². The van der Waals surface area contributed by atoms with Crippen LogP contribution in [0.5, 0.6) is 5.75 Å². The molecule has 0 radical (unpaired) electrons. The van der Waals surface area contributed by atoms with E-state index in [4.69, 9.17) is 10.5 Å². The van der Waals surface area contributed by atoms with Gasteiger partial charge in [-0.05, 0) is 43.5 Å². The van der Waals surface area contributed by atoms with Gasteiger partial charge in [-0.25, -0.2) is 0 Å². The van der Waals surface area contributed by atoms with E-state index in [0.29, 0.717) is 6.04 Å². The third-order valence-electron chi connectivity index (χ3n) is 4.19. The fourth-order valence-electron chi connectivity index (χ4n) is 3.11. The van der Waals surface area contributed by atoms with Crippen LogP contribution in [0, 0.1) is 5.92 Å². The van der Waals surface area contributed by atoms with E-state index in [-0.39, 0.29) is 0 Å². The molecule has 1 fully saturated rings.